The Kier molecular flexibility index (Phi) is 12.6. The SMILES string of the molecule is O=P([O-])(O)O[C@H]1[C@H](O)[C@@H](O)[C@H](OP(=O)([O-])O)[C@@H](OP(=O)([O-])O)[C@H]1O.[NH4+].[NH4+].[NH4+]. The summed E-state index contributed by atoms with van der Waals surface area (Å²) in [6, 6.07) is 0. The van der Waals surface area contributed by atoms with Gasteiger partial charge in [0.15, 0.2) is 0 Å². The highest BCUT2D eigenvalue weighted by Crippen LogP contribution is 2.45. The van der Waals surface area contributed by atoms with Crippen molar-refractivity contribution in [3.8, 4) is 0 Å². The Morgan fingerprint density at radius 1 is 0.556 bits per heavy atom. The number of aliphatic hydroxyl groups excluding tert-OH is 3. The van der Waals surface area contributed by atoms with E-state index in [9.17, 15) is 43.7 Å². The van der Waals surface area contributed by atoms with E-state index >= 15 is 0 Å². The highest BCUT2D eigenvalue weighted by Gasteiger charge is 2.54. The van der Waals surface area contributed by atoms with Crippen LogP contribution in [0.15, 0.2) is 0 Å². The third kappa shape index (κ3) is 9.91. The van der Waals surface area contributed by atoms with Crippen molar-refractivity contribution in [1.82, 2.24) is 18.5 Å². The number of quaternary nitrogens is 3. The van der Waals surface area contributed by atoms with E-state index in [4.69, 9.17) is 14.7 Å². The van der Waals surface area contributed by atoms with E-state index < -0.39 is 60.1 Å². The summed E-state index contributed by atoms with van der Waals surface area (Å²) >= 11 is 0. The van der Waals surface area contributed by atoms with Gasteiger partial charge in [-0.15, -0.1) is 0 Å². The second kappa shape index (κ2) is 10.7. The summed E-state index contributed by atoms with van der Waals surface area (Å²) in [6.07, 6.45) is -15.0. The molecule has 27 heavy (non-hydrogen) atoms. The normalized spacial score (nSPS) is 37.2. The molecular weight excluding hydrogens is 447 g/mol. The summed E-state index contributed by atoms with van der Waals surface area (Å²) in [5.74, 6) is 0. The number of hydrogen-bond acceptors (Lipinski definition) is 12. The van der Waals surface area contributed by atoms with Crippen LogP contribution in [-0.4, -0.2) is 66.6 Å². The molecule has 1 aliphatic rings. The van der Waals surface area contributed by atoms with Gasteiger partial charge in [0.1, 0.15) is 36.6 Å². The maximum Gasteiger partial charge on any atom is 0.265 e. The summed E-state index contributed by atoms with van der Waals surface area (Å²) in [5, 5.41) is 29.1. The van der Waals surface area contributed by atoms with Gasteiger partial charge in [0.25, 0.3) is 23.5 Å². The second-order valence-corrected chi connectivity index (χ2v) is 8.03. The van der Waals surface area contributed by atoms with Crippen molar-refractivity contribution in [3.63, 3.8) is 0 Å². The maximum atomic E-state index is 10.8. The molecule has 9 atom stereocenters. The molecular formula is C6H24N3O15P3. The van der Waals surface area contributed by atoms with Crippen molar-refractivity contribution >= 4 is 23.5 Å². The fraction of sp³-hybridized carbons (Fsp3) is 1.00. The van der Waals surface area contributed by atoms with Gasteiger partial charge in [-0.1, -0.05) is 0 Å². The first-order chi connectivity index (χ1) is 10.5. The van der Waals surface area contributed by atoms with Crippen LogP contribution in [0.1, 0.15) is 0 Å². The summed E-state index contributed by atoms with van der Waals surface area (Å²) in [6.45, 7) is 0. The second-order valence-electron chi connectivity index (χ2n) is 4.59. The van der Waals surface area contributed by atoms with Crippen LogP contribution in [0.3, 0.4) is 0 Å². The van der Waals surface area contributed by atoms with E-state index in [0.717, 1.165) is 0 Å². The van der Waals surface area contributed by atoms with Gasteiger partial charge < -0.3 is 76.7 Å². The molecule has 3 unspecified atom stereocenters. The van der Waals surface area contributed by atoms with E-state index in [1.54, 1.807) is 0 Å². The molecule has 0 heterocycles. The monoisotopic (exact) mass is 471 g/mol. The van der Waals surface area contributed by atoms with Crippen molar-refractivity contribution in [2.75, 3.05) is 0 Å². The van der Waals surface area contributed by atoms with Crippen LogP contribution in [0, 0.1) is 0 Å². The molecule has 0 aromatic rings. The Hall–Kier alpha value is 0.0900. The Morgan fingerprint density at radius 3 is 1.07 bits per heavy atom. The Bertz CT molecular complexity index is 587. The Balaban J connectivity index is -0.00000192. The van der Waals surface area contributed by atoms with E-state index in [-0.39, 0.29) is 18.5 Å². The summed E-state index contributed by atoms with van der Waals surface area (Å²) in [7, 11) is -17.0. The predicted octanol–water partition coefficient (Wildman–Crippen LogP) is -4.25. The van der Waals surface area contributed by atoms with E-state index in [1.807, 2.05) is 0 Å². The predicted molar refractivity (Wildman–Crippen MR) is 80.1 cm³/mol. The van der Waals surface area contributed by atoms with Crippen molar-refractivity contribution in [2.24, 2.45) is 0 Å². The van der Waals surface area contributed by atoms with Crippen molar-refractivity contribution < 1.29 is 71.9 Å². The van der Waals surface area contributed by atoms with Crippen LogP contribution >= 0.6 is 23.5 Å². The lowest BCUT2D eigenvalue weighted by molar-refractivity contribution is -0.278. The quantitative estimate of drug-likeness (QED) is 0.165. The largest absolute Gasteiger partial charge is 0.756 e. The molecule has 0 bridgehead atoms. The molecule has 1 saturated carbocycles. The molecule has 21 heteroatoms. The van der Waals surface area contributed by atoms with Crippen LogP contribution in [0.25, 0.3) is 0 Å². The zero-order valence-corrected chi connectivity index (χ0v) is 16.8. The minimum Gasteiger partial charge on any atom is -0.756 e. The number of phosphoric ester groups is 3. The van der Waals surface area contributed by atoms with Crippen LogP contribution in [0.2, 0.25) is 0 Å². The zero-order valence-electron chi connectivity index (χ0n) is 14.2. The third-order valence-corrected chi connectivity index (χ3v) is 4.31. The number of hydrogen-bond donors (Lipinski definition) is 9. The van der Waals surface area contributed by atoms with Gasteiger partial charge >= 0.3 is 0 Å². The van der Waals surface area contributed by atoms with Crippen LogP contribution in [-0.2, 0) is 27.3 Å². The van der Waals surface area contributed by atoms with Crippen molar-refractivity contribution in [3.05, 3.63) is 0 Å². The summed E-state index contributed by atoms with van der Waals surface area (Å²) < 4.78 is 43.9. The zero-order chi connectivity index (χ0) is 19.1. The average molecular weight is 471 g/mol. The molecule has 0 saturated heterocycles. The lowest BCUT2D eigenvalue weighted by Crippen LogP contribution is -2.65. The van der Waals surface area contributed by atoms with E-state index in [0.29, 0.717) is 0 Å². The van der Waals surface area contributed by atoms with E-state index in [2.05, 4.69) is 13.6 Å². The molecule has 1 aliphatic carbocycles. The molecule has 0 aliphatic heterocycles. The maximum absolute atomic E-state index is 10.8. The van der Waals surface area contributed by atoms with Crippen LogP contribution in [0.5, 0.6) is 0 Å². The number of phosphoric acid groups is 3. The molecule has 168 valence electrons. The molecule has 18 nitrogen and oxygen atoms in total. The highest BCUT2D eigenvalue weighted by molar-refractivity contribution is 7.45. The van der Waals surface area contributed by atoms with Crippen LogP contribution < -0.4 is 33.1 Å². The van der Waals surface area contributed by atoms with Crippen LogP contribution in [0.4, 0.5) is 0 Å². The molecule has 0 radical (unpaired) electrons. The van der Waals surface area contributed by atoms with Crippen molar-refractivity contribution in [2.45, 2.75) is 36.6 Å². The van der Waals surface area contributed by atoms with Gasteiger partial charge in [-0.25, -0.2) is 0 Å². The smallest absolute Gasteiger partial charge is 0.265 e. The first-order valence-corrected chi connectivity index (χ1v) is 10.2. The number of aliphatic hydroxyl groups is 3. The lowest BCUT2D eigenvalue weighted by Gasteiger charge is -2.47. The molecule has 1 fully saturated rings. The molecule has 0 spiro atoms. The average Bonchev–Trinajstić information content (AvgIpc) is 2.32. The number of rotatable bonds is 6. The van der Waals surface area contributed by atoms with Crippen molar-refractivity contribution in [1.29, 1.82) is 0 Å². The Morgan fingerprint density at radius 2 is 0.778 bits per heavy atom. The van der Waals surface area contributed by atoms with Gasteiger partial charge in [0, 0.05) is 0 Å². The fourth-order valence-electron chi connectivity index (χ4n) is 2.00. The first kappa shape index (κ1) is 31.8. The molecule has 0 aromatic carbocycles. The topological polar surface area (TPSA) is 379 Å². The molecule has 18 N–H and O–H groups in total. The first-order valence-electron chi connectivity index (χ1n) is 5.72. The summed E-state index contributed by atoms with van der Waals surface area (Å²) in [5.41, 5.74) is 0. The van der Waals surface area contributed by atoms with Gasteiger partial charge in [0.2, 0.25) is 0 Å². The third-order valence-electron chi connectivity index (χ3n) is 2.78. The standard InChI is InChI=1S/C6H15O15P3.3H3N/c7-1-2(8)5(20-23(13,14)15)6(21-24(16,17)18)3(9)4(1)19-22(10,11)12;;;/h1-9H,(H2,10,11,12)(H2,13,14,15)(H2,16,17,18);3*1H3/t1-,2-,3+,4+,5+,6+;;;/m1.../s1. The fourth-order valence-corrected chi connectivity index (χ4v) is 3.66. The highest BCUT2D eigenvalue weighted by atomic mass is 31.2. The summed E-state index contributed by atoms with van der Waals surface area (Å²) in [4.78, 5) is 58.0. The van der Waals surface area contributed by atoms with E-state index in [1.165, 1.54) is 0 Å². The molecule has 0 aromatic heterocycles. The Labute approximate surface area is 151 Å². The molecule has 0 amide bonds. The van der Waals surface area contributed by atoms with Gasteiger partial charge in [-0.05, 0) is 0 Å². The van der Waals surface area contributed by atoms with Gasteiger partial charge in [0.05, 0.1) is 0 Å². The van der Waals surface area contributed by atoms with Gasteiger partial charge in [-0.3, -0.25) is 13.7 Å². The lowest BCUT2D eigenvalue weighted by atomic mass is 9.85. The minimum absolute atomic E-state index is 0. The minimum atomic E-state index is -5.72. The molecule has 1 rings (SSSR count). The van der Waals surface area contributed by atoms with Gasteiger partial charge in [-0.2, -0.15) is 0 Å².